The number of aromatic nitrogens is 3. The van der Waals surface area contributed by atoms with Crippen LogP contribution in [0.5, 0.6) is 5.75 Å². The van der Waals surface area contributed by atoms with Crippen molar-refractivity contribution in [2.45, 2.75) is 18.7 Å². The first-order chi connectivity index (χ1) is 13.9. The summed E-state index contributed by atoms with van der Waals surface area (Å²) in [4.78, 5) is 21.6. The van der Waals surface area contributed by atoms with Crippen molar-refractivity contribution < 1.29 is 27.2 Å². The van der Waals surface area contributed by atoms with Crippen LogP contribution in [0.25, 0.3) is 11.4 Å². The molecule has 1 amide bonds. The number of hydrogen-bond donors (Lipinski definition) is 0. The van der Waals surface area contributed by atoms with Crippen LogP contribution < -0.4 is 4.74 Å². The predicted octanol–water partition coefficient (Wildman–Crippen LogP) is 3.44. The minimum atomic E-state index is -4.70. The Morgan fingerprint density at radius 3 is 2.79 bits per heavy atom. The van der Waals surface area contributed by atoms with E-state index < -0.39 is 12.1 Å². The van der Waals surface area contributed by atoms with E-state index in [1.807, 2.05) is 0 Å². The van der Waals surface area contributed by atoms with E-state index >= 15 is 0 Å². The van der Waals surface area contributed by atoms with E-state index in [0.29, 0.717) is 36.5 Å². The number of benzene rings is 1. The highest BCUT2D eigenvalue weighted by Crippen LogP contribution is 2.30. The van der Waals surface area contributed by atoms with Crippen molar-refractivity contribution in [1.82, 2.24) is 20.0 Å². The van der Waals surface area contributed by atoms with E-state index in [4.69, 9.17) is 4.74 Å². The van der Waals surface area contributed by atoms with Gasteiger partial charge in [0.15, 0.2) is 0 Å². The third kappa shape index (κ3) is 4.20. The average Bonchev–Trinajstić information content (AvgIpc) is 3.38. The third-order valence-corrected chi connectivity index (χ3v) is 4.38. The topological polar surface area (TPSA) is 81.4 Å². The van der Waals surface area contributed by atoms with Gasteiger partial charge in [-0.1, -0.05) is 23.4 Å². The SMILES string of the molecule is O=C(c1ccccn1)N1CC[C@@H](Oc2cccc(-c3noc(C(F)(F)F)n3)c2)C1. The first-order valence-electron chi connectivity index (χ1n) is 8.78. The fourth-order valence-corrected chi connectivity index (χ4v) is 3.02. The number of alkyl halides is 3. The molecule has 1 fully saturated rings. The molecular weight excluding hydrogens is 389 g/mol. The molecule has 1 aliphatic rings. The van der Waals surface area contributed by atoms with E-state index in [9.17, 15) is 18.0 Å². The molecule has 0 radical (unpaired) electrons. The Balaban J connectivity index is 1.42. The molecule has 2 aromatic heterocycles. The Bertz CT molecular complexity index is 1010. The molecular formula is C19H15F3N4O3. The number of rotatable bonds is 4. The average molecular weight is 404 g/mol. The van der Waals surface area contributed by atoms with Gasteiger partial charge in [0.1, 0.15) is 17.5 Å². The van der Waals surface area contributed by atoms with Crippen LogP contribution in [0.4, 0.5) is 13.2 Å². The largest absolute Gasteiger partial charge is 0.488 e. The molecule has 0 unspecified atom stereocenters. The summed E-state index contributed by atoms with van der Waals surface area (Å²) in [6.45, 7) is 0.916. The molecule has 0 saturated carbocycles. The van der Waals surface area contributed by atoms with Gasteiger partial charge in [-0.05, 0) is 24.3 Å². The van der Waals surface area contributed by atoms with Crippen LogP contribution >= 0.6 is 0 Å². The van der Waals surface area contributed by atoms with Gasteiger partial charge in [0.25, 0.3) is 5.91 Å². The van der Waals surface area contributed by atoms with Crippen LogP contribution in [0.2, 0.25) is 0 Å². The quantitative estimate of drug-likeness (QED) is 0.663. The number of hydrogen-bond acceptors (Lipinski definition) is 6. The predicted molar refractivity (Wildman–Crippen MR) is 93.9 cm³/mol. The summed E-state index contributed by atoms with van der Waals surface area (Å²) in [6, 6.07) is 11.5. The summed E-state index contributed by atoms with van der Waals surface area (Å²) < 4.78 is 48.1. The van der Waals surface area contributed by atoms with E-state index in [-0.39, 0.29) is 17.8 Å². The van der Waals surface area contributed by atoms with Gasteiger partial charge < -0.3 is 14.2 Å². The van der Waals surface area contributed by atoms with Crippen molar-refractivity contribution >= 4 is 5.91 Å². The Kier molecular flexibility index (Phi) is 4.91. The number of nitrogens with zero attached hydrogens (tertiary/aromatic N) is 4. The zero-order valence-corrected chi connectivity index (χ0v) is 15.0. The minimum Gasteiger partial charge on any atom is -0.488 e. The number of pyridine rings is 1. The minimum absolute atomic E-state index is 0.170. The molecule has 1 aliphatic heterocycles. The Morgan fingerprint density at radius 2 is 2.07 bits per heavy atom. The molecule has 0 aliphatic carbocycles. The molecule has 0 N–H and O–H groups in total. The summed E-state index contributed by atoms with van der Waals surface area (Å²) in [5, 5.41) is 3.37. The molecule has 150 valence electrons. The summed E-state index contributed by atoms with van der Waals surface area (Å²) in [5.74, 6) is -1.31. The zero-order chi connectivity index (χ0) is 20.4. The van der Waals surface area contributed by atoms with Crippen LogP contribution in [-0.2, 0) is 6.18 Å². The molecule has 1 aromatic carbocycles. The zero-order valence-electron chi connectivity index (χ0n) is 15.0. The van der Waals surface area contributed by atoms with Crippen molar-refractivity contribution in [3.8, 4) is 17.1 Å². The molecule has 7 nitrogen and oxygen atoms in total. The Hall–Kier alpha value is -3.43. The van der Waals surface area contributed by atoms with E-state index in [1.165, 1.54) is 6.07 Å². The molecule has 3 heterocycles. The van der Waals surface area contributed by atoms with Crippen LogP contribution in [0.1, 0.15) is 22.8 Å². The van der Waals surface area contributed by atoms with Gasteiger partial charge in [0.05, 0.1) is 6.54 Å². The smallest absolute Gasteiger partial charge is 0.471 e. The second-order valence-corrected chi connectivity index (χ2v) is 6.44. The summed E-state index contributed by atoms with van der Waals surface area (Å²) in [7, 11) is 0. The molecule has 1 atom stereocenters. The van der Waals surface area contributed by atoms with Crippen LogP contribution in [0, 0.1) is 0 Å². The summed E-state index contributed by atoms with van der Waals surface area (Å²) in [6.07, 6.45) is -2.75. The normalized spacial score (nSPS) is 16.8. The monoisotopic (exact) mass is 404 g/mol. The number of likely N-dealkylation sites (tertiary alicyclic amines) is 1. The number of ether oxygens (including phenoxy) is 1. The molecule has 0 spiro atoms. The standard InChI is InChI=1S/C19H15F3N4O3/c20-19(21,22)18-24-16(25-29-18)12-4-3-5-13(10-12)28-14-7-9-26(11-14)17(27)15-6-1-2-8-23-15/h1-6,8,10,14H,7,9,11H2/t14-/m1/s1. The maximum atomic E-state index is 12.6. The first kappa shape index (κ1) is 18.9. The van der Waals surface area contributed by atoms with Crippen molar-refractivity contribution in [2.24, 2.45) is 0 Å². The Morgan fingerprint density at radius 1 is 1.21 bits per heavy atom. The van der Waals surface area contributed by atoms with Gasteiger partial charge in [-0.25, -0.2) is 0 Å². The van der Waals surface area contributed by atoms with Gasteiger partial charge in [-0.2, -0.15) is 18.2 Å². The molecule has 10 heteroatoms. The van der Waals surface area contributed by atoms with Crippen molar-refractivity contribution in [2.75, 3.05) is 13.1 Å². The fourth-order valence-electron chi connectivity index (χ4n) is 3.02. The second kappa shape index (κ2) is 7.53. The molecule has 29 heavy (non-hydrogen) atoms. The van der Waals surface area contributed by atoms with Crippen LogP contribution in [0.3, 0.4) is 0 Å². The lowest BCUT2D eigenvalue weighted by Crippen LogP contribution is -2.31. The molecule has 4 rings (SSSR count). The van der Waals surface area contributed by atoms with Gasteiger partial charge in [-0.15, -0.1) is 0 Å². The van der Waals surface area contributed by atoms with Crippen molar-refractivity contribution in [3.63, 3.8) is 0 Å². The van der Waals surface area contributed by atoms with Gasteiger partial charge in [-0.3, -0.25) is 9.78 Å². The highest BCUT2D eigenvalue weighted by molar-refractivity contribution is 5.92. The first-order valence-corrected chi connectivity index (χ1v) is 8.78. The highest BCUT2D eigenvalue weighted by atomic mass is 19.4. The lowest BCUT2D eigenvalue weighted by molar-refractivity contribution is -0.159. The number of halogens is 3. The fraction of sp³-hybridized carbons (Fsp3) is 0.263. The molecule has 1 saturated heterocycles. The maximum Gasteiger partial charge on any atom is 0.471 e. The van der Waals surface area contributed by atoms with Crippen molar-refractivity contribution in [3.05, 3.63) is 60.2 Å². The third-order valence-electron chi connectivity index (χ3n) is 4.38. The highest BCUT2D eigenvalue weighted by Gasteiger charge is 2.38. The van der Waals surface area contributed by atoms with E-state index in [0.717, 1.165) is 0 Å². The number of amides is 1. The molecule has 3 aromatic rings. The maximum absolute atomic E-state index is 12.6. The molecule has 0 bridgehead atoms. The van der Waals surface area contributed by atoms with Gasteiger partial charge in [0.2, 0.25) is 5.82 Å². The van der Waals surface area contributed by atoms with Gasteiger partial charge in [0, 0.05) is 24.7 Å². The number of carbonyl (C=O) groups is 1. The Labute approximate surface area is 163 Å². The lowest BCUT2D eigenvalue weighted by atomic mass is 10.2. The van der Waals surface area contributed by atoms with E-state index in [2.05, 4.69) is 19.6 Å². The summed E-state index contributed by atoms with van der Waals surface area (Å²) >= 11 is 0. The summed E-state index contributed by atoms with van der Waals surface area (Å²) in [5.41, 5.74) is 0.703. The van der Waals surface area contributed by atoms with E-state index in [1.54, 1.807) is 47.5 Å². The second-order valence-electron chi connectivity index (χ2n) is 6.44. The van der Waals surface area contributed by atoms with Crippen LogP contribution in [0.15, 0.2) is 53.2 Å². The van der Waals surface area contributed by atoms with Crippen LogP contribution in [-0.4, -0.2) is 45.1 Å². The van der Waals surface area contributed by atoms with Gasteiger partial charge >= 0.3 is 12.1 Å². The number of carbonyl (C=O) groups excluding carboxylic acids is 1. The van der Waals surface area contributed by atoms with Crippen molar-refractivity contribution in [1.29, 1.82) is 0 Å². The lowest BCUT2D eigenvalue weighted by Gasteiger charge is -2.17.